The Labute approximate surface area is 181 Å². The maximum Gasteiger partial charge on any atom is 0.228 e. The average molecular weight is 418 g/mol. The molecule has 1 aromatic heterocycles. The number of benzene rings is 2. The van der Waals surface area contributed by atoms with E-state index in [9.17, 15) is 9.59 Å². The molecule has 0 bridgehead atoms. The molecule has 31 heavy (non-hydrogen) atoms. The summed E-state index contributed by atoms with van der Waals surface area (Å²) in [4.78, 5) is 37.8. The number of ether oxygens (including phenoxy) is 1. The maximum atomic E-state index is 13.4. The summed E-state index contributed by atoms with van der Waals surface area (Å²) < 4.78 is 5.48. The van der Waals surface area contributed by atoms with Gasteiger partial charge in [0.15, 0.2) is 0 Å². The molecule has 2 aliphatic heterocycles. The van der Waals surface area contributed by atoms with E-state index in [2.05, 4.69) is 4.98 Å². The van der Waals surface area contributed by atoms with E-state index in [1.54, 1.807) is 4.90 Å². The Morgan fingerprint density at radius 2 is 2.00 bits per heavy atom. The molecule has 2 aromatic carbocycles. The SMILES string of the molecule is CCOc1ccc(N2C[C@H](C(=O)N3CCC[C@@H]3c3nc4ccccc4[nH]3)CC2=O)cc1. The number of carbonyl (C=O) groups is 2. The molecule has 3 heterocycles. The lowest BCUT2D eigenvalue weighted by atomic mass is 10.1. The van der Waals surface area contributed by atoms with Gasteiger partial charge in [-0.3, -0.25) is 9.59 Å². The van der Waals surface area contributed by atoms with Crippen molar-refractivity contribution >= 4 is 28.5 Å². The second-order valence-electron chi connectivity index (χ2n) is 8.16. The van der Waals surface area contributed by atoms with E-state index >= 15 is 0 Å². The van der Waals surface area contributed by atoms with E-state index in [1.165, 1.54) is 0 Å². The van der Waals surface area contributed by atoms with Crippen molar-refractivity contribution in [2.45, 2.75) is 32.2 Å². The topological polar surface area (TPSA) is 78.5 Å². The molecule has 7 nitrogen and oxygen atoms in total. The van der Waals surface area contributed by atoms with Crippen LogP contribution in [0.2, 0.25) is 0 Å². The largest absolute Gasteiger partial charge is 0.494 e. The molecule has 2 fully saturated rings. The molecular weight excluding hydrogens is 392 g/mol. The molecule has 0 unspecified atom stereocenters. The summed E-state index contributed by atoms with van der Waals surface area (Å²) in [7, 11) is 0. The predicted octanol–water partition coefficient (Wildman–Crippen LogP) is 3.68. The first-order valence-corrected chi connectivity index (χ1v) is 10.9. The summed E-state index contributed by atoms with van der Waals surface area (Å²) in [6, 6.07) is 15.3. The van der Waals surface area contributed by atoms with Crippen molar-refractivity contribution in [3.63, 3.8) is 0 Å². The number of aromatic nitrogens is 2. The third kappa shape index (κ3) is 3.65. The number of H-pyrrole nitrogens is 1. The van der Waals surface area contributed by atoms with Gasteiger partial charge in [0, 0.05) is 25.2 Å². The molecule has 5 rings (SSSR count). The highest BCUT2D eigenvalue weighted by atomic mass is 16.5. The Morgan fingerprint density at radius 3 is 2.77 bits per heavy atom. The van der Waals surface area contributed by atoms with Gasteiger partial charge in [-0.1, -0.05) is 12.1 Å². The maximum absolute atomic E-state index is 13.4. The van der Waals surface area contributed by atoms with Crippen molar-refractivity contribution in [3.05, 3.63) is 54.4 Å². The van der Waals surface area contributed by atoms with Crippen LogP contribution in [0.15, 0.2) is 48.5 Å². The highest BCUT2D eigenvalue weighted by Gasteiger charge is 2.41. The summed E-state index contributed by atoms with van der Waals surface area (Å²) >= 11 is 0. The molecule has 3 aromatic rings. The van der Waals surface area contributed by atoms with Crippen LogP contribution < -0.4 is 9.64 Å². The van der Waals surface area contributed by atoms with Crippen LogP contribution in [0.1, 0.15) is 38.1 Å². The molecule has 2 saturated heterocycles. The van der Waals surface area contributed by atoms with Crippen molar-refractivity contribution < 1.29 is 14.3 Å². The monoisotopic (exact) mass is 418 g/mol. The summed E-state index contributed by atoms with van der Waals surface area (Å²) in [6.45, 7) is 3.65. The van der Waals surface area contributed by atoms with E-state index in [4.69, 9.17) is 9.72 Å². The van der Waals surface area contributed by atoms with Gasteiger partial charge in [0.25, 0.3) is 0 Å². The van der Waals surface area contributed by atoms with Gasteiger partial charge in [0.1, 0.15) is 11.6 Å². The molecule has 0 radical (unpaired) electrons. The van der Waals surface area contributed by atoms with E-state index in [-0.39, 0.29) is 30.2 Å². The number of fused-ring (bicyclic) bond motifs is 1. The Bertz CT molecular complexity index is 1070. The van der Waals surface area contributed by atoms with Crippen molar-refractivity contribution in [2.24, 2.45) is 5.92 Å². The van der Waals surface area contributed by atoms with Crippen molar-refractivity contribution in [1.29, 1.82) is 0 Å². The van der Waals surface area contributed by atoms with Crippen molar-refractivity contribution in [1.82, 2.24) is 14.9 Å². The van der Waals surface area contributed by atoms with Crippen LogP contribution >= 0.6 is 0 Å². The minimum Gasteiger partial charge on any atom is -0.494 e. The molecule has 2 aliphatic rings. The number of aromatic amines is 1. The second-order valence-corrected chi connectivity index (χ2v) is 8.16. The minimum atomic E-state index is -0.330. The third-order valence-electron chi connectivity index (χ3n) is 6.19. The summed E-state index contributed by atoms with van der Waals surface area (Å²) in [5.74, 6) is 1.31. The van der Waals surface area contributed by atoms with Gasteiger partial charge < -0.3 is 19.5 Å². The van der Waals surface area contributed by atoms with Crippen LogP contribution in [0.3, 0.4) is 0 Å². The van der Waals surface area contributed by atoms with Gasteiger partial charge in [-0.05, 0) is 56.2 Å². The number of rotatable bonds is 5. The van der Waals surface area contributed by atoms with Crippen LogP contribution in [-0.4, -0.2) is 46.4 Å². The van der Waals surface area contributed by atoms with Gasteiger partial charge in [-0.2, -0.15) is 0 Å². The number of imidazole rings is 1. The van der Waals surface area contributed by atoms with Crippen LogP contribution in [-0.2, 0) is 9.59 Å². The van der Waals surface area contributed by atoms with Gasteiger partial charge in [-0.25, -0.2) is 4.98 Å². The fourth-order valence-electron chi connectivity index (χ4n) is 4.69. The molecule has 7 heteroatoms. The Kier molecular flexibility index (Phi) is 5.10. The van der Waals surface area contributed by atoms with Crippen LogP contribution in [0, 0.1) is 5.92 Å². The first-order chi connectivity index (χ1) is 15.1. The number of amides is 2. The third-order valence-corrected chi connectivity index (χ3v) is 6.19. The second kappa shape index (κ2) is 8.06. The lowest BCUT2D eigenvalue weighted by molar-refractivity contribution is -0.136. The first-order valence-electron chi connectivity index (χ1n) is 10.9. The summed E-state index contributed by atoms with van der Waals surface area (Å²) in [5.41, 5.74) is 2.70. The summed E-state index contributed by atoms with van der Waals surface area (Å²) in [5, 5.41) is 0. The Morgan fingerprint density at radius 1 is 1.19 bits per heavy atom. The number of carbonyl (C=O) groups excluding carboxylic acids is 2. The number of anilines is 1. The number of para-hydroxylation sites is 2. The van der Waals surface area contributed by atoms with Crippen LogP contribution in [0.25, 0.3) is 11.0 Å². The van der Waals surface area contributed by atoms with Crippen molar-refractivity contribution in [3.8, 4) is 5.75 Å². The molecule has 0 aliphatic carbocycles. The predicted molar refractivity (Wildman–Crippen MR) is 118 cm³/mol. The number of nitrogens with one attached hydrogen (secondary N) is 1. The quantitative estimate of drug-likeness (QED) is 0.686. The fourth-order valence-corrected chi connectivity index (χ4v) is 4.69. The molecule has 160 valence electrons. The van der Waals surface area contributed by atoms with E-state index in [0.717, 1.165) is 41.1 Å². The number of likely N-dealkylation sites (tertiary alicyclic amines) is 1. The van der Waals surface area contributed by atoms with E-state index in [1.807, 2.05) is 60.4 Å². The molecule has 1 N–H and O–H groups in total. The lowest BCUT2D eigenvalue weighted by Gasteiger charge is -2.26. The standard InChI is InChI=1S/C24H26N4O3/c1-2-31-18-11-9-17(10-12-18)28-15-16(14-22(28)29)24(30)27-13-5-8-21(27)23-25-19-6-3-4-7-20(19)26-23/h3-4,6-7,9-12,16,21H,2,5,8,13-15H2,1H3,(H,25,26)/t16-,21-/m1/s1. The highest BCUT2D eigenvalue weighted by molar-refractivity contribution is 6.00. The highest BCUT2D eigenvalue weighted by Crippen LogP contribution is 2.35. The zero-order chi connectivity index (χ0) is 21.4. The molecule has 2 atom stereocenters. The Balaban J connectivity index is 1.32. The number of nitrogens with zero attached hydrogens (tertiary/aromatic N) is 3. The van der Waals surface area contributed by atoms with Gasteiger partial charge in [0.2, 0.25) is 11.8 Å². The molecule has 0 saturated carbocycles. The van der Waals surface area contributed by atoms with Crippen molar-refractivity contribution in [2.75, 3.05) is 24.6 Å². The normalized spacial score (nSPS) is 21.3. The molecular formula is C24H26N4O3. The molecule has 2 amide bonds. The fraction of sp³-hybridized carbons (Fsp3) is 0.375. The van der Waals surface area contributed by atoms with Gasteiger partial charge >= 0.3 is 0 Å². The molecule has 0 spiro atoms. The van der Waals surface area contributed by atoms with Gasteiger partial charge in [-0.15, -0.1) is 0 Å². The van der Waals surface area contributed by atoms with Gasteiger partial charge in [0.05, 0.1) is 29.6 Å². The minimum absolute atomic E-state index is 0.0120. The van der Waals surface area contributed by atoms with E-state index in [0.29, 0.717) is 19.7 Å². The first kappa shape index (κ1) is 19.6. The lowest BCUT2D eigenvalue weighted by Crippen LogP contribution is -2.37. The number of hydrogen-bond donors (Lipinski definition) is 1. The average Bonchev–Trinajstić information content (AvgIpc) is 3.51. The number of hydrogen-bond acceptors (Lipinski definition) is 4. The zero-order valence-electron chi connectivity index (χ0n) is 17.6. The smallest absolute Gasteiger partial charge is 0.228 e. The zero-order valence-corrected chi connectivity index (χ0v) is 17.6. The van der Waals surface area contributed by atoms with E-state index < -0.39 is 0 Å². The summed E-state index contributed by atoms with van der Waals surface area (Å²) in [6.07, 6.45) is 2.07. The van der Waals surface area contributed by atoms with Crippen LogP contribution in [0.4, 0.5) is 5.69 Å². The Hall–Kier alpha value is -3.35. The van der Waals surface area contributed by atoms with Crippen LogP contribution in [0.5, 0.6) is 5.75 Å².